The first-order valence-corrected chi connectivity index (χ1v) is 5.43. The molecule has 0 aliphatic rings. The first-order valence-electron chi connectivity index (χ1n) is 5.43. The van der Waals surface area contributed by atoms with Crippen LogP contribution in [0.3, 0.4) is 0 Å². The molecule has 0 aromatic carbocycles. The molecule has 0 radical (unpaired) electrons. The smallest absolute Gasteiger partial charge is 0.302 e. The normalized spacial score (nSPS) is 12.1. The van der Waals surface area contributed by atoms with Crippen molar-refractivity contribution in [3.05, 3.63) is 0 Å². The number of aliphatic carboxylic acids is 1. The number of carboxylic acid groups (broad SMARTS) is 1. The number of carbonyl (C=O) groups excluding carboxylic acids is 2. The lowest BCUT2D eigenvalue weighted by atomic mass is 10.1. The van der Waals surface area contributed by atoms with Crippen LogP contribution in [0.2, 0.25) is 0 Å². The molecule has 0 N–H and O–H groups in total. The molecule has 0 aliphatic heterocycles. The third-order valence-corrected chi connectivity index (χ3v) is 2.11. The van der Waals surface area contributed by atoms with Gasteiger partial charge in [0.1, 0.15) is 6.10 Å². The molecular weight excluding hydrogens is 196 g/mol. The first kappa shape index (κ1) is 13.9. The van der Waals surface area contributed by atoms with Crippen molar-refractivity contribution in [1.82, 2.24) is 0 Å². The number of carbonyl (C=O) groups is 2. The minimum Gasteiger partial charge on any atom is -0.550 e. The van der Waals surface area contributed by atoms with Crippen LogP contribution in [0.1, 0.15) is 52.4 Å². The summed E-state index contributed by atoms with van der Waals surface area (Å²) in [5.41, 5.74) is 0. The van der Waals surface area contributed by atoms with E-state index in [1.165, 1.54) is 6.92 Å². The third kappa shape index (κ3) is 9.25. The molecule has 88 valence electrons. The standard InChI is InChI=1S/C11H20O4/c1-3-4-5-6-7-10(8-11(13)14)15-9(2)12/h10H,3-8H2,1-2H3,(H,13,14)/p-1. The first-order chi connectivity index (χ1) is 7.06. The van der Waals surface area contributed by atoms with Gasteiger partial charge in [0.05, 0.1) is 0 Å². The minimum absolute atomic E-state index is 0.203. The average molecular weight is 215 g/mol. The van der Waals surface area contributed by atoms with Gasteiger partial charge in [-0.2, -0.15) is 0 Å². The molecule has 1 atom stereocenters. The highest BCUT2D eigenvalue weighted by Crippen LogP contribution is 2.11. The van der Waals surface area contributed by atoms with Gasteiger partial charge in [-0.05, 0) is 12.8 Å². The Labute approximate surface area is 90.6 Å². The Hall–Kier alpha value is -1.06. The Morgan fingerprint density at radius 2 is 1.93 bits per heavy atom. The average Bonchev–Trinajstić information content (AvgIpc) is 2.10. The van der Waals surface area contributed by atoms with Crippen molar-refractivity contribution >= 4 is 11.9 Å². The zero-order valence-electron chi connectivity index (χ0n) is 9.45. The highest BCUT2D eigenvalue weighted by atomic mass is 16.5. The maximum atomic E-state index is 10.7. The van der Waals surface area contributed by atoms with E-state index in [0.29, 0.717) is 6.42 Å². The molecule has 0 fully saturated rings. The van der Waals surface area contributed by atoms with E-state index in [1.807, 2.05) is 0 Å². The summed E-state index contributed by atoms with van der Waals surface area (Å²) in [6.45, 7) is 3.39. The van der Waals surface area contributed by atoms with Gasteiger partial charge in [-0.3, -0.25) is 4.79 Å². The zero-order chi connectivity index (χ0) is 11.7. The maximum Gasteiger partial charge on any atom is 0.302 e. The van der Waals surface area contributed by atoms with E-state index >= 15 is 0 Å². The summed E-state index contributed by atoms with van der Waals surface area (Å²) in [5, 5.41) is 10.4. The fourth-order valence-electron chi connectivity index (χ4n) is 1.42. The van der Waals surface area contributed by atoms with Crippen molar-refractivity contribution in [1.29, 1.82) is 0 Å². The third-order valence-electron chi connectivity index (χ3n) is 2.11. The molecule has 1 unspecified atom stereocenters. The molecule has 4 heteroatoms. The van der Waals surface area contributed by atoms with Crippen molar-refractivity contribution in [2.75, 3.05) is 0 Å². The number of esters is 1. The fourth-order valence-corrected chi connectivity index (χ4v) is 1.42. The van der Waals surface area contributed by atoms with Crippen LogP contribution in [0.25, 0.3) is 0 Å². The number of ether oxygens (including phenoxy) is 1. The Balaban J connectivity index is 3.79. The largest absolute Gasteiger partial charge is 0.550 e. The van der Waals surface area contributed by atoms with Gasteiger partial charge < -0.3 is 14.6 Å². The molecule has 4 nitrogen and oxygen atoms in total. The monoisotopic (exact) mass is 215 g/mol. The Bertz CT molecular complexity index is 185. The second kappa shape index (κ2) is 8.26. The molecular formula is C11H19O4-. The van der Waals surface area contributed by atoms with E-state index < -0.39 is 18.0 Å². The molecule has 0 aromatic rings. The maximum absolute atomic E-state index is 10.7. The Morgan fingerprint density at radius 3 is 2.40 bits per heavy atom. The summed E-state index contributed by atoms with van der Waals surface area (Å²) in [6, 6.07) is 0. The van der Waals surface area contributed by atoms with Crippen LogP contribution in [-0.2, 0) is 14.3 Å². The minimum atomic E-state index is -1.17. The fraction of sp³-hybridized carbons (Fsp3) is 0.818. The van der Waals surface area contributed by atoms with Gasteiger partial charge in [0, 0.05) is 19.3 Å². The van der Waals surface area contributed by atoms with Crippen LogP contribution in [-0.4, -0.2) is 18.0 Å². The zero-order valence-corrected chi connectivity index (χ0v) is 9.45. The highest BCUT2D eigenvalue weighted by Gasteiger charge is 2.11. The van der Waals surface area contributed by atoms with E-state index in [1.54, 1.807) is 0 Å². The van der Waals surface area contributed by atoms with Gasteiger partial charge in [-0.15, -0.1) is 0 Å². The molecule has 0 saturated heterocycles. The van der Waals surface area contributed by atoms with Gasteiger partial charge in [0.25, 0.3) is 0 Å². The summed E-state index contributed by atoms with van der Waals surface area (Å²) < 4.78 is 4.88. The SMILES string of the molecule is CCCCCCC(CC(=O)[O-])OC(C)=O. The molecule has 0 aliphatic carbocycles. The van der Waals surface area contributed by atoms with E-state index in [9.17, 15) is 14.7 Å². The van der Waals surface area contributed by atoms with Crippen molar-refractivity contribution in [2.24, 2.45) is 0 Å². The summed E-state index contributed by atoms with van der Waals surface area (Å²) >= 11 is 0. The second-order valence-electron chi connectivity index (χ2n) is 3.66. The van der Waals surface area contributed by atoms with Gasteiger partial charge in [0.15, 0.2) is 0 Å². The molecule has 0 aromatic heterocycles. The predicted molar refractivity (Wildman–Crippen MR) is 53.9 cm³/mol. The van der Waals surface area contributed by atoms with Crippen molar-refractivity contribution in [3.8, 4) is 0 Å². The Kier molecular flexibility index (Phi) is 7.68. The summed E-state index contributed by atoms with van der Waals surface area (Å²) in [4.78, 5) is 21.1. The van der Waals surface area contributed by atoms with Crippen LogP contribution < -0.4 is 5.11 Å². The lowest BCUT2D eigenvalue weighted by molar-refractivity contribution is -0.307. The number of hydrogen-bond donors (Lipinski definition) is 0. The molecule has 0 amide bonds. The number of unbranched alkanes of at least 4 members (excludes halogenated alkanes) is 3. The van der Waals surface area contributed by atoms with Crippen molar-refractivity contribution in [3.63, 3.8) is 0 Å². The quantitative estimate of drug-likeness (QED) is 0.448. The van der Waals surface area contributed by atoms with Gasteiger partial charge in [-0.25, -0.2) is 0 Å². The number of hydrogen-bond acceptors (Lipinski definition) is 4. The van der Waals surface area contributed by atoms with Crippen LogP contribution in [0.15, 0.2) is 0 Å². The van der Waals surface area contributed by atoms with E-state index in [-0.39, 0.29) is 6.42 Å². The lowest BCUT2D eigenvalue weighted by Gasteiger charge is -2.17. The summed E-state index contributed by atoms with van der Waals surface area (Å²) in [5.74, 6) is -1.60. The molecule has 0 spiro atoms. The van der Waals surface area contributed by atoms with Gasteiger partial charge in [-0.1, -0.05) is 26.2 Å². The molecule has 15 heavy (non-hydrogen) atoms. The topological polar surface area (TPSA) is 66.4 Å². The summed E-state index contributed by atoms with van der Waals surface area (Å²) in [6.07, 6.45) is 4.06. The van der Waals surface area contributed by atoms with Crippen LogP contribution in [0.5, 0.6) is 0 Å². The number of rotatable bonds is 8. The van der Waals surface area contributed by atoms with E-state index in [0.717, 1.165) is 25.7 Å². The Morgan fingerprint density at radius 1 is 1.27 bits per heavy atom. The molecule has 0 heterocycles. The van der Waals surface area contributed by atoms with Crippen molar-refractivity contribution < 1.29 is 19.4 Å². The van der Waals surface area contributed by atoms with Crippen LogP contribution in [0.4, 0.5) is 0 Å². The molecule has 0 bridgehead atoms. The number of carboxylic acids is 1. The van der Waals surface area contributed by atoms with E-state index in [4.69, 9.17) is 4.74 Å². The molecule has 0 saturated carbocycles. The highest BCUT2D eigenvalue weighted by molar-refractivity contribution is 5.68. The second-order valence-corrected chi connectivity index (χ2v) is 3.66. The lowest BCUT2D eigenvalue weighted by Crippen LogP contribution is -2.29. The van der Waals surface area contributed by atoms with E-state index in [2.05, 4.69) is 6.92 Å². The van der Waals surface area contributed by atoms with Crippen LogP contribution in [0, 0.1) is 0 Å². The predicted octanol–water partition coefficient (Wildman–Crippen LogP) is 1.03. The van der Waals surface area contributed by atoms with Crippen LogP contribution >= 0.6 is 0 Å². The van der Waals surface area contributed by atoms with Crippen molar-refractivity contribution in [2.45, 2.75) is 58.5 Å². The van der Waals surface area contributed by atoms with Gasteiger partial charge >= 0.3 is 5.97 Å². The molecule has 0 rings (SSSR count). The summed E-state index contributed by atoms with van der Waals surface area (Å²) in [7, 11) is 0. The van der Waals surface area contributed by atoms with Gasteiger partial charge in [0.2, 0.25) is 0 Å².